The first kappa shape index (κ1) is 22.0. The molecule has 1 heterocycles. The van der Waals surface area contributed by atoms with E-state index in [-0.39, 0.29) is 23.5 Å². The number of amides is 1. The Morgan fingerprint density at radius 3 is 2.17 bits per heavy atom. The maximum Gasteiger partial charge on any atom is 0.254 e. The molecule has 0 bridgehead atoms. The summed E-state index contributed by atoms with van der Waals surface area (Å²) in [6.45, 7) is 0.416. The Bertz CT molecular complexity index is 965. The molecule has 1 aliphatic rings. The first-order valence-corrected chi connectivity index (χ1v) is 11.6. The van der Waals surface area contributed by atoms with E-state index in [1.807, 2.05) is 30.3 Å². The second-order valence-corrected chi connectivity index (χ2v) is 9.43. The van der Waals surface area contributed by atoms with Crippen LogP contribution in [-0.4, -0.2) is 64.6 Å². The molecule has 1 saturated heterocycles. The van der Waals surface area contributed by atoms with Gasteiger partial charge in [-0.15, -0.1) is 0 Å². The number of sulfone groups is 1. The summed E-state index contributed by atoms with van der Waals surface area (Å²) in [5.41, 5.74) is 1.45. The van der Waals surface area contributed by atoms with E-state index in [0.29, 0.717) is 42.2 Å². The lowest BCUT2D eigenvalue weighted by Crippen LogP contribution is -2.42. The monoisotopic (exact) mass is 433 g/mol. The first-order valence-electron chi connectivity index (χ1n) is 9.74. The van der Waals surface area contributed by atoms with E-state index >= 15 is 0 Å². The maximum atomic E-state index is 13.5. The number of hydrogen-bond acceptors (Lipinski definition) is 6. The van der Waals surface area contributed by atoms with Crippen LogP contribution in [0.2, 0.25) is 0 Å². The highest BCUT2D eigenvalue weighted by Gasteiger charge is 2.35. The predicted molar refractivity (Wildman–Crippen MR) is 114 cm³/mol. The molecule has 0 spiro atoms. The smallest absolute Gasteiger partial charge is 0.254 e. The summed E-state index contributed by atoms with van der Waals surface area (Å²) in [4.78, 5) is 15.1. The van der Waals surface area contributed by atoms with E-state index < -0.39 is 9.84 Å². The minimum absolute atomic E-state index is 0.0159. The standard InChI is InChI=1S/C22H27NO6S/c1-27-19-13-17(14-20(28-2)21(19)29-3)22(24)23(18-10-12-30(25,26)15-18)11-9-16-7-5-4-6-8-16/h4-8,13-14,18H,9-12,15H2,1-3H3/t18-/m1/s1. The second kappa shape index (κ2) is 9.38. The molecule has 1 atom stereocenters. The van der Waals surface area contributed by atoms with Gasteiger partial charge in [0.1, 0.15) is 0 Å². The zero-order chi connectivity index (χ0) is 21.7. The van der Waals surface area contributed by atoms with Crippen molar-refractivity contribution in [3.63, 3.8) is 0 Å². The Morgan fingerprint density at radius 2 is 1.67 bits per heavy atom. The average Bonchev–Trinajstić information content (AvgIpc) is 3.12. The summed E-state index contributed by atoms with van der Waals surface area (Å²) in [6.07, 6.45) is 1.07. The van der Waals surface area contributed by atoms with Crippen LogP contribution in [0, 0.1) is 0 Å². The lowest BCUT2D eigenvalue weighted by molar-refractivity contribution is 0.0698. The molecule has 8 heteroatoms. The zero-order valence-corrected chi connectivity index (χ0v) is 18.3. The molecule has 30 heavy (non-hydrogen) atoms. The third kappa shape index (κ3) is 4.87. The van der Waals surface area contributed by atoms with E-state index in [4.69, 9.17) is 14.2 Å². The van der Waals surface area contributed by atoms with E-state index in [9.17, 15) is 13.2 Å². The van der Waals surface area contributed by atoms with Gasteiger partial charge < -0.3 is 19.1 Å². The topological polar surface area (TPSA) is 82.1 Å². The molecular formula is C22H27NO6S. The van der Waals surface area contributed by atoms with Crippen molar-refractivity contribution in [1.29, 1.82) is 0 Å². The molecule has 7 nitrogen and oxygen atoms in total. The summed E-state index contributed by atoms with van der Waals surface area (Å²) in [6, 6.07) is 12.7. The van der Waals surface area contributed by atoms with Crippen LogP contribution in [0.25, 0.3) is 0 Å². The molecule has 2 aromatic carbocycles. The fourth-order valence-corrected chi connectivity index (χ4v) is 5.47. The Kier molecular flexibility index (Phi) is 6.87. The van der Waals surface area contributed by atoms with Gasteiger partial charge in [-0.3, -0.25) is 4.79 Å². The van der Waals surface area contributed by atoms with Crippen molar-refractivity contribution < 1.29 is 27.4 Å². The highest BCUT2D eigenvalue weighted by molar-refractivity contribution is 7.91. The van der Waals surface area contributed by atoms with E-state index in [2.05, 4.69) is 0 Å². The Hall–Kier alpha value is -2.74. The number of carbonyl (C=O) groups excluding carboxylic acids is 1. The lowest BCUT2D eigenvalue weighted by Gasteiger charge is -2.29. The van der Waals surface area contributed by atoms with Crippen LogP contribution in [0.5, 0.6) is 17.2 Å². The van der Waals surface area contributed by atoms with Crippen molar-refractivity contribution in [2.75, 3.05) is 39.4 Å². The van der Waals surface area contributed by atoms with Gasteiger partial charge in [-0.05, 0) is 30.5 Å². The number of methoxy groups -OCH3 is 3. The number of benzene rings is 2. The van der Waals surface area contributed by atoms with Gasteiger partial charge >= 0.3 is 0 Å². The van der Waals surface area contributed by atoms with Crippen LogP contribution in [0.4, 0.5) is 0 Å². The molecule has 0 unspecified atom stereocenters. The summed E-state index contributed by atoms with van der Waals surface area (Å²) in [5.74, 6) is 0.979. The molecule has 3 rings (SSSR count). The van der Waals surface area contributed by atoms with Gasteiger partial charge in [-0.1, -0.05) is 30.3 Å². The van der Waals surface area contributed by atoms with Crippen molar-refractivity contribution in [2.45, 2.75) is 18.9 Å². The van der Waals surface area contributed by atoms with Crippen LogP contribution in [0.3, 0.4) is 0 Å². The molecule has 2 aromatic rings. The number of hydrogen-bond donors (Lipinski definition) is 0. The predicted octanol–water partition coefficient (Wildman–Crippen LogP) is 2.58. The van der Waals surface area contributed by atoms with Gasteiger partial charge in [0.05, 0.1) is 32.8 Å². The van der Waals surface area contributed by atoms with Gasteiger partial charge in [0.15, 0.2) is 21.3 Å². The third-order valence-electron chi connectivity index (χ3n) is 5.31. The number of rotatable bonds is 8. The summed E-state index contributed by atoms with van der Waals surface area (Å²) in [7, 11) is 1.34. The largest absolute Gasteiger partial charge is 0.493 e. The molecule has 1 aliphatic heterocycles. The van der Waals surface area contributed by atoms with Crippen molar-refractivity contribution >= 4 is 15.7 Å². The second-order valence-electron chi connectivity index (χ2n) is 7.21. The van der Waals surface area contributed by atoms with Gasteiger partial charge in [0.25, 0.3) is 5.91 Å². The Morgan fingerprint density at radius 1 is 1.03 bits per heavy atom. The number of nitrogens with zero attached hydrogens (tertiary/aromatic N) is 1. The highest BCUT2D eigenvalue weighted by Crippen LogP contribution is 2.38. The van der Waals surface area contributed by atoms with Crippen molar-refractivity contribution in [3.8, 4) is 17.2 Å². The molecule has 0 saturated carbocycles. The van der Waals surface area contributed by atoms with Crippen LogP contribution >= 0.6 is 0 Å². The number of carbonyl (C=O) groups is 1. The quantitative estimate of drug-likeness (QED) is 0.637. The first-order chi connectivity index (χ1) is 14.4. The summed E-state index contributed by atoms with van der Waals surface area (Å²) < 4.78 is 40.2. The van der Waals surface area contributed by atoms with Crippen LogP contribution in [0.15, 0.2) is 42.5 Å². The molecule has 1 amide bonds. The average molecular weight is 434 g/mol. The van der Waals surface area contributed by atoms with Gasteiger partial charge in [-0.2, -0.15) is 0 Å². The van der Waals surface area contributed by atoms with E-state index in [1.165, 1.54) is 21.3 Å². The Balaban J connectivity index is 1.93. The van der Waals surface area contributed by atoms with Crippen LogP contribution in [0.1, 0.15) is 22.3 Å². The van der Waals surface area contributed by atoms with Crippen molar-refractivity contribution in [2.24, 2.45) is 0 Å². The molecule has 0 N–H and O–H groups in total. The lowest BCUT2D eigenvalue weighted by atomic mass is 10.1. The highest BCUT2D eigenvalue weighted by atomic mass is 32.2. The fourth-order valence-electron chi connectivity index (χ4n) is 3.74. The molecule has 0 aliphatic carbocycles. The number of ether oxygens (including phenoxy) is 3. The Labute approximate surface area is 177 Å². The molecule has 0 aromatic heterocycles. The van der Waals surface area contributed by atoms with Gasteiger partial charge in [0.2, 0.25) is 5.75 Å². The molecule has 1 fully saturated rings. The van der Waals surface area contributed by atoms with Gasteiger partial charge in [-0.25, -0.2) is 8.42 Å². The van der Waals surface area contributed by atoms with Crippen LogP contribution < -0.4 is 14.2 Å². The zero-order valence-electron chi connectivity index (χ0n) is 17.5. The van der Waals surface area contributed by atoms with E-state index in [1.54, 1.807) is 17.0 Å². The SMILES string of the molecule is COc1cc(C(=O)N(CCc2ccccc2)[C@@H]2CCS(=O)(=O)C2)cc(OC)c1OC. The van der Waals surface area contributed by atoms with E-state index in [0.717, 1.165) is 5.56 Å². The minimum atomic E-state index is -3.14. The van der Waals surface area contributed by atoms with Crippen LogP contribution in [-0.2, 0) is 16.3 Å². The normalized spacial score (nSPS) is 17.4. The van der Waals surface area contributed by atoms with Crippen molar-refractivity contribution in [3.05, 3.63) is 53.6 Å². The fraction of sp³-hybridized carbons (Fsp3) is 0.409. The summed E-state index contributed by atoms with van der Waals surface area (Å²) in [5, 5.41) is 0. The molecular weight excluding hydrogens is 406 g/mol. The summed E-state index contributed by atoms with van der Waals surface area (Å²) >= 11 is 0. The maximum absolute atomic E-state index is 13.5. The minimum Gasteiger partial charge on any atom is -0.493 e. The third-order valence-corrected chi connectivity index (χ3v) is 7.06. The molecule has 0 radical (unpaired) electrons. The van der Waals surface area contributed by atoms with Gasteiger partial charge in [0, 0.05) is 18.2 Å². The van der Waals surface area contributed by atoms with Crippen molar-refractivity contribution in [1.82, 2.24) is 4.90 Å². The molecule has 162 valence electrons.